The second kappa shape index (κ2) is 10.3. The van der Waals surface area contributed by atoms with Crippen LogP contribution in [0.15, 0.2) is 48.5 Å². The molecular weight excluding hydrogens is 362 g/mol. The minimum Gasteiger partial charge on any atom is -0.494 e. The summed E-state index contributed by atoms with van der Waals surface area (Å²) in [6.07, 6.45) is 2.17. The summed E-state index contributed by atoms with van der Waals surface area (Å²) in [6, 6.07) is 16.6. The van der Waals surface area contributed by atoms with E-state index in [9.17, 15) is 4.79 Å². The molecule has 1 aliphatic heterocycles. The van der Waals surface area contributed by atoms with Gasteiger partial charge < -0.3 is 15.0 Å². The van der Waals surface area contributed by atoms with E-state index in [1.54, 1.807) is 0 Å². The fourth-order valence-corrected chi connectivity index (χ4v) is 3.74. The third kappa shape index (κ3) is 6.23. The molecule has 1 N–H and O–H groups in total. The van der Waals surface area contributed by atoms with Gasteiger partial charge >= 0.3 is 0 Å². The number of carbonyl (C=O) groups excluding carboxylic acids is 1. The quantitative estimate of drug-likeness (QED) is 0.676. The van der Waals surface area contributed by atoms with E-state index >= 15 is 0 Å². The number of hydrogen-bond donors (Lipinski definition) is 1. The van der Waals surface area contributed by atoms with Gasteiger partial charge in [-0.15, -0.1) is 0 Å². The zero-order valence-corrected chi connectivity index (χ0v) is 17.9. The van der Waals surface area contributed by atoms with Crippen molar-refractivity contribution in [1.29, 1.82) is 0 Å². The van der Waals surface area contributed by atoms with Crippen LogP contribution in [-0.4, -0.2) is 49.6 Å². The van der Waals surface area contributed by atoms with E-state index in [4.69, 9.17) is 4.74 Å². The number of rotatable bonds is 8. The first kappa shape index (κ1) is 21.2. The molecule has 1 amide bonds. The van der Waals surface area contributed by atoms with Crippen LogP contribution < -0.4 is 15.0 Å². The Bertz CT molecular complexity index is 791. The highest BCUT2D eigenvalue weighted by Crippen LogP contribution is 2.22. The summed E-state index contributed by atoms with van der Waals surface area (Å²) in [5.74, 6) is 0.874. The number of hydrogen-bond acceptors (Lipinski definition) is 4. The van der Waals surface area contributed by atoms with Crippen LogP contribution in [0.4, 0.5) is 11.4 Å². The smallest absolute Gasteiger partial charge is 0.238 e. The highest BCUT2D eigenvalue weighted by Gasteiger charge is 2.25. The fraction of sp³-hybridized carbons (Fsp3) is 0.458. The summed E-state index contributed by atoms with van der Waals surface area (Å²) in [5, 5.41) is 3.00. The molecule has 0 aliphatic carbocycles. The lowest BCUT2D eigenvalue weighted by molar-refractivity contribution is -0.117. The van der Waals surface area contributed by atoms with Gasteiger partial charge in [-0.1, -0.05) is 25.5 Å². The van der Waals surface area contributed by atoms with Gasteiger partial charge in [0.15, 0.2) is 0 Å². The van der Waals surface area contributed by atoms with E-state index in [-0.39, 0.29) is 5.91 Å². The number of amides is 1. The first-order valence-corrected chi connectivity index (χ1v) is 10.6. The molecule has 0 radical (unpaired) electrons. The largest absolute Gasteiger partial charge is 0.494 e. The van der Waals surface area contributed by atoms with Crippen LogP contribution in [0.3, 0.4) is 0 Å². The Morgan fingerprint density at radius 1 is 1.17 bits per heavy atom. The Balaban J connectivity index is 1.46. The molecule has 0 saturated carbocycles. The van der Waals surface area contributed by atoms with Crippen molar-refractivity contribution >= 4 is 17.3 Å². The third-order valence-corrected chi connectivity index (χ3v) is 5.32. The Hall–Kier alpha value is -2.53. The van der Waals surface area contributed by atoms with Crippen molar-refractivity contribution in [1.82, 2.24) is 4.90 Å². The van der Waals surface area contributed by atoms with Gasteiger partial charge in [-0.05, 0) is 62.2 Å². The molecule has 1 saturated heterocycles. The minimum absolute atomic E-state index is 0.0286. The second-order valence-corrected chi connectivity index (χ2v) is 7.89. The molecule has 1 aliphatic rings. The van der Waals surface area contributed by atoms with E-state index in [0.29, 0.717) is 12.6 Å². The monoisotopic (exact) mass is 395 g/mol. The second-order valence-electron chi connectivity index (χ2n) is 7.89. The van der Waals surface area contributed by atoms with Crippen LogP contribution in [0.1, 0.15) is 32.3 Å². The zero-order valence-electron chi connectivity index (χ0n) is 17.9. The zero-order chi connectivity index (χ0) is 20.6. The summed E-state index contributed by atoms with van der Waals surface area (Å²) < 4.78 is 5.67. The molecule has 1 fully saturated rings. The number of nitrogens with one attached hydrogen (secondary N) is 1. The average Bonchev–Trinajstić information content (AvgIpc) is 2.69. The van der Waals surface area contributed by atoms with Gasteiger partial charge in [0.1, 0.15) is 5.75 Å². The molecule has 2 aromatic rings. The number of ether oxygens (including phenoxy) is 1. The maximum absolute atomic E-state index is 12.5. The Kier molecular flexibility index (Phi) is 7.53. The molecule has 156 valence electrons. The van der Waals surface area contributed by atoms with Gasteiger partial charge in [0.25, 0.3) is 0 Å². The number of unbranched alkanes of at least 4 members (excludes halogenated alkanes) is 1. The average molecular weight is 396 g/mol. The van der Waals surface area contributed by atoms with Crippen molar-refractivity contribution in [3.05, 3.63) is 54.1 Å². The molecule has 3 rings (SSSR count). The normalized spacial score (nSPS) is 17.2. The molecule has 0 spiro atoms. The summed E-state index contributed by atoms with van der Waals surface area (Å²) in [6.45, 7) is 10.3. The van der Waals surface area contributed by atoms with Crippen LogP contribution in [0.5, 0.6) is 5.75 Å². The Morgan fingerprint density at radius 3 is 2.66 bits per heavy atom. The first-order valence-electron chi connectivity index (χ1n) is 10.6. The number of nitrogens with zero attached hydrogens (tertiary/aromatic N) is 2. The summed E-state index contributed by atoms with van der Waals surface area (Å²) in [5.41, 5.74) is 3.35. The lowest BCUT2D eigenvalue weighted by Crippen LogP contribution is -2.53. The van der Waals surface area contributed by atoms with Gasteiger partial charge in [-0.2, -0.15) is 0 Å². The van der Waals surface area contributed by atoms with Crippen molar-refractivity contribution in [3.8, 4) is 5.75 Å². The van der Waals surface area contributed by atoms with Gasteiger partial charge in [0.05, 0.1) is 13.2 Å². The van der Waals surface area contributed by atoms with Gasteiger partial charge in [-0.3, -0.25) is 9.69 Å². The summed E-state index contributed by atoms with van der Waals surface area (Å²) >= 11 is 0. The van der Waals surface area contributed by atoms with E-state index in [1.165, 1.54) is 11.3 Å². The molecular formula is C24H33N3O2. The van der Waals surface area contributed by atoms with Gasteiger partial charge in [-0.25, -0.2) is 0 Å². The highest BCUT2D eigenvalue weighted by atomic mass is 16.5. The number of anilines is 2. The molecule has 2 aromatic carbocycles. The summed E-state index contributed by atoms with van der Waals surface area (Å²) in [4.78, 5) is 17.1. The number of aryl methyl sites for hydroxylation is 1. The maximum atomic E-state index is 12.5. The number of benzene rings is 2. The van der Waals surface area contributed by atoms with Crippen LogP contribution >= 0.6 is 0 Å². The molecule has 5 heteroatoms. The van der Waals surface area contributed by atoms with Crippen molar-refractivity contribution in [2.45, 2.75) is 39.7 Å². The maximum Gasteiger partial charge on any atom is 0.238 e. The van der Waals surface area contributed by atoms with E-state index in [2.05, 4.69) is 60.2 Å². The standard InChI is InChI=1S/C24H33N3O2/c1-4-5-15-29-23-11-9-21(10-12-23)25-24(28)18-26-13-14-27(20(3)17-26)22-8-6-7-19(2)16-22/h6-12,16,20H,4-5,13-15,17-18H2,1-3H3,(H,25,28)/t20-/m0/s1. The third-order valence-electron chi connectivity index (χ3n) is 5.32. The fourth-order valence-electron chi connectivity index (χ4n) is 3.74. The lowest BCUT2D eigenvalue weighted by Gasteiger charge is -2.41. The lowest BCUT2D eigenvalue weighted by atomic mass is 10.1. The summed E-state index contributed by atoms with van der Waals surface area (Å²) in [7, 11) is 0. The van der Waals surface area contributed by atoms with Crippen LogP contribution in [0, 0.1) is 6.92 Å². The van der Waals surface area contributed by atoms with Crippen LogP contribution in [-0.2, 0) is 4.79 Å². The number of carbonyl (C=O) groups is 1. The van der Waals surface area contributed by atoms with Crippen molar-refractivity contribution in [2.24, 2.45) is 0 Å². The Labute approximate surface area is 174 Å². The van der Waals surface area contributed by atoms with Gasteiger partial charge in [0, 0.05) is 37.1 Å². The predicted octanol–water partition coefficient (Wildman–Crippen LogP) is 4.32. The molecule has 1 heterocycles. The van der Waals surface area contributed by atoms with E-state index in [1.807, 2.05) is 24.3 Å². The molecule has 0 aromatic heterocycles. The van der Waals surface area contributed by atoms with Crippen molar-refractivity contribution < 1.29 is 9.53 Å². The minimum atomic E-state index is 0.0286. The van der Waals surface area contributed by atoms with Gasteiger partial charge in [0.2, 0.25) is 5.91 Å². The van der Waals surface area contributed by atoms with Crippen LogP contribution in [0.25, 0.3) is 0 Å². The topological polar surface area (TPSA) is 44.8 Å². The van der Waals surface area contributed by atoms with E-state index < -0.39 is 0 Å². The molecule has 29 heavy (non-hydrogen) atoms. The molecule has 5 nitrogen and oxygen atoms in total. The van der Waals surface area contributed by atoms with Crippen molar-refractivity contribution in [2.75, 3.05) is 43.0 Å². The molecule has 0 unspecified atom stereocenters. The number of piperazine rings is 1. The molecule has 0 bridgehead atoms. The first-order chi connectivity index (χ1) is 14.0. The van der Waals surface area contributed by atoms with Crippen LogP contribution in [0.2, 0.25) is 0 Å². The molecule has 1 atom stereocenters. The van der Waals surface area contributed by atoms with E-state index in [0.717, 1.165) is 50.5 Å². The van der Waals surface area contributed by atoms with Crippen molar-refractivity contribution in [3.63, 3.8) is 0 Å². The predicted molar refractivity (Wildman–Crippen MR) is 120 cm³/mol. The Morgan fingerprint density at radius 2 is 1.97 bits per heavy atom. The highest BCUT2D eigenvalue weighted by molar-refractivity contribution is 5.92. The SMILES string of the molecule is CCCCOc1ccc(NC(=O)CN2CCN(c3cccc(C)c3)[C@@H](C)C2)cc1.